The molecule has 0 aliphatic carbocycles. The summed E-state index contributed by atoms with van der Waals surface area (Å²) in [4.78, 5) is 15.1. The molecule has 0 fully saturated rings. The molecule has 0 spiro atoms. The molecule has 2 aromatic heterocycles. The highest BCUT2D eigenvalue weighted by Crippen LogP contribution is 2.25. The molecule has 1 N–H and O–H groups in total. The van der Waals surface area contributed by atoms with Gasteiger partial charge in [-0.05, 0) is 24.3 Å². The highest BCUT2D eigenvalue weighted by molar-refractivity contribution is 5.89. The second kappa shape index (κ2) is 4.20. The molecular formula is C14H9FN2O2. The monoisotopic (exact) mass is 256 g/mol. The lowest BCUT2D eigenvalue weighted by atomic mass is 10.1. The van der Waals surface area contributed by atoms with Gasteiger partial charge in [0.05, 0.1) is 11.3 Å². The molecule has 0 saturated heterocycles. The number of carboxylic acids is 1. The summed E-state index contributed by atoms with van der Waals surface area (Å²) < 4.78 is 15.9. The second-order valence-electron chi connectivity index (χ2n) is 4.04. The van der Waals surface area contributed by atoms with E-state index in [4.69, 9.17) is 5.11 Å². The summed E-state index contributed by atoms with van der Waals surface area (Å²) in [5, 5.41) is 8.95. The van der Waals surface area contributed by atoms with E-state index in [1.54, 1.807) is 41.1 Å². The first kappa shape index (κ1) is 11.4. The molecule has 0 aliphatic heterocycles. The number of hydrogen-bond acceptors (Lipinski definition) is 2. The molecule has 0 amide bonds. The van der Waals surface area contributed by atoms with Gasteiger partial charge in [-0.25, -0.2) is 14.2 Å². The summed E-state index contributed by atoms with van der Waals surface area (Å²) >= 11 is 0. The number of aromatic carboxylic acids is 1. The minimum atomic E-state index is -1.28. The van der Waals surface area contributed by atoms with E-state index >= 15 is 0 Å². The molecule has 3 aromatic rings. The number of rotatable bonds is 2. The van der Waals surface area contributed by atoms with E-state index in [1.807, 2.05) is 0 Å². The summed E-state index contributed by atoms with van der Waals surface area (Å²) in [5.74, 6) is -2.02. The molecule has 0 radical (unpaired) electrons. The van der Waals surface area contributed by atoms with Gasteiger partial charge in [0.25, 0.3) is 0 Å². The van der Waals surface area contributed by atoms with Crippen molar-refractivity contribution < 1.29 is 14.3 Å². The van der Waals surface area contributed by atoms with Gasteiger partial charge in [-0.15, -0.1) is 0 Å². The predicted octanol–water partition coefficient (Wildman–Crippen LogP) is 2.84. The lowest BCUT2D eigenvalue weighted by Crippen LogP contribution is -2.03. The fourth-order valence-corrected chi connectivity index (χ4v) is 2.06. The van der Waals surface area contributed by atoms with Gasteiger partial charge < -0.3 is 5.11 Å². The number of imidazole rings is 1. The second-order valence-corrected chi connectivity index (χ2v) is 4.04. The zero-order chi connectivity index (χ0) is 13.4. The Morgan fingerprint density at radius 1 is 1.21 bits per heavy atom. The quantitative estimate of drug-likeness (QED) is 0.767. The maximum absolute atomic E-state index is 14.2. The van der Waals surface area contributed by atoms with Crippen LogP contribution in [0.1, 0.15) is 10.4 Å². The van der Waals surface area contributed by atoms with Crippen LogP contribution in [0.5, 0.6) is 0 Å². The first-order valence-electron chi connectivity index (χ1n) is 5.63. The van der Waals surface area contributed by atoms with Crippen LogP contribution in [0.2, 0.25) is 0 Å². The van der Waals surface area contributed by atoms with Crippen molar-refractivity contribution in [1.29, 1.82) is 0 Å². The molecule has 5 heteroatoms. The summed E-state index contributed by atoms with van der Waals surface area (Å²) in [6, 6.07) is 9.59. The molecule has 0 bridgehead atoms. The highest BCUT2D eigenvalue weighted by atomic mass is 19.1. The molecule has 1 aromatic carbocycles. The van der Waals surface area contributed by atoms with Gasteiger partial charge in [0.1, 0.15) is 11.5 Å². The summed E-state index contributed by atoms with van der Waals surface area (Å²) in [6.07, 6.45) is 3.31. The van der Waals surface area contributed by atoms with Crippen molar-refractivity contribution in [3.63, 3.8) is 0 Å². The molecule has 0 saturated carbocycles. The predicted molar refractivity (Wildman–Crippen MR) is 67.5 cm³/mol. The Balaban J connectivity index is 2.30. The third-order valence-corrected chi connectivity index (χ3v) is 2.93. The van der Waals surface area contributed by atoms with Crippen LogP contribution >= 0.6 is 0 Å². The van der Waals surface area contributed by atoms with Gasteiger partial charge in [0.15, 0.2) is 0 Å². The first-order valence-corrected chi connectivity index (χ1v) is 5.63. The van der Waals surface area contributed by atoms with Crippen LogP contribution in [0.25, 0.3) is 16.9 Å². The van der Waals surface area contributed by atoms with Crippen LogP contribution in [-0.2, 0) is 0 Å². The van der Waals surface area contributed by atoms with E-state index < -0.39 is 11.8 Å². The third-order valence-electron chi connectivity index (χ3n) is 2.93. The number of halogens is 1. The van der Waals surface area contributed by atoms with Gasteiger partial charge in [-0.3, -0.25) is 4.40 Å². The molecule has 19 heavy (non-hydrogen) atoms. The zero-order valence-electron chi connectivity index (χ0n) is 9.75. The molecule has 4 nitrogen and oxygen atoms in total. The Bertz CT molecular complexity index is 780. The van der Waals surface area contributed by atoms with E-state index in [0.29, 0.717) is 11.3 Å². The van der Waals surface area contributed by atoms with Crippen molar-refractivity contribution in [2.75, 3.05) is 0 Å². The number of pyridine rings is 1. The van der Waals surface area contributed by atoms with E-state index in [0.717, 1.165) is 0 Å². The Morgan fingerprint density at radius 3 is 2.79 bits per heavy atom. The summed E-state index contributed by atoms with van der Waals surface area (Å²) in [7, 11) is 0. The van der Waals surface area contributed by atoms with Crippen molar-refractivity contribution in [3.05, 3.63) is 60.2 Å². The Hall–Kier alpha value is -2.69. The first-order chi connectivity index (χ1) is 9.18. The number of fused-ring (bicyclic) bond motifs is 1. The molecular weight excluding hydrogens is 247 g/mol. The highest BCUT2D eigenvalue weighted by Gasteiger charge is 2.16. The summed E-state index contributed by atoms with van der Waals surface area (Å²) in [6.45, 7) is 0. The van der Waals surface area contributed by atoms with E-state index in [2.05, 4.69) is 4.98 Å². The SMILES string of the molecule is O=C(O)c1cccc(-c2cccc3nccn23)c1F. The van der Waals surface area contributed by atoms with Crippen LogP contribution in [0, 0.1) is 5.82 Å². The Labute approximate surface area is 107 Å². The van der Waals surface area contributed by atoms with Gasteiger partial charge in [0.2, 0.25) is 0 Å². The van der Waals surface area contributed by atoms with Crippen LogP contribution < -0.4 is 0 Å². The molecule has 0 atom stereocenters. The standard InChI is InChI=1S/C14H9FN2O2/c15-13-9(3-1-4-10(13)14(18)19)11-5-2-6-12-16-7-8-17(11)12/h1-8H,(H,18,19). The van der Waals surface area contributed by atoms with Crippen LogP contribution in [0.15, 0.2) is 48.8 Å². The number of nitrogens with zero attached hydrogens (tertiary/aromatic N) is 2. The Morgan fingerprint density at radius 2 is 2.00 bits per heavy atom. The van der Waals surface area contributed by atoms with E-state index in [1.165, 1.54) is 12.1 Å². The van der Waals surface area contributed by atoms with Crippen molar-refractivity contribution in [1.82, 2.24) is 9.38 Å². The molecule has 2 heterocycles. The topological polar surface area (TPSA) is 54.6 Å². The van der Waals surface area contributed by atoms with Gasteiger partial charge >= 0.3 is 5.97 Å². The molecule has 94 valence electrons. The zero-order valence-corrected chi connectivity index (χ0v) is 9.75. The smallest absolute Gasteiger partial charge is 0.338 e. The average molecular weight is 256 g/mol. The number of hydrogen-bond donors (Lipinski definition) is 1. The largest absolute Gasteiger partial charge is 0.478 e. The van der Waals surface area contributed by atoms with Crippen molar-refractivity contribution in [3.8, 4) is 11.3 Å². The minimum absolute atomic E-state index is 0.239. The van der Waals surface area contributed by atoms with Crippen LogP contribution in [0.3, 0.4) is 0 Å². The van der Waals surface area contributed by atoms with Crippen molar-refractivity contribution in [2.24, 2.45) is 0 Å². The lowest BCUT2D eigenvalue weighted by Gasteiger charge is -2.08. The molecule has 0 aliphatic rings. The molecule has 0 unspecified atom stereocenters. The van der Waals surface area contributed by atoms with E-state index in [9.17, 15) is 9.18 Å². The van der Waals surface area contributed by atoms with Gasteiger partial charge in [0, 0.05) is 18.0 Å². The fourth-order valence-electron chi connectivity index (χ4n) is 2.06. The maximum atomic E-state index is 14.2. The fraction of sp³-hybridized carbons (Fsp3) is 0. The molecule has 3 rings (SSSR count). The summed E-state index contributed by atoms with van der Waals surface area (Å²) in [5.41, 5.74) is 1.14. The lowest BCUT2D eigenvalue weighted by molar-refractivity contribution is 0.0692. The van der Waals surface area contributed by atoms with Crippen LogP contribution in [-0.4, -0.2) is 20.5 Å². The number of aromatic nitrogens is 2. The third kappa shape index (κ3) is 1.76. The normalized spacial score (nSPS) is 10.8. The number of carbonyl (C=O) groups is 1. The van der Waals surface area contributed by atoms with Crippen molar-refractivity contribution in [2.45, 2.75) is 0 Å². The van der Waals surface area contributed by atoms with Crippen LogP contribution in [0.4, 0.5) is 4.39 Å². The van der Waals surface area contributed by atoms with Crippen molar-refractivity contribution >= 4 is 11.6 Å². The van der Waals surface area contributed by atoms with Gasteiger partial charge in [-0.2, -0.15) is 0 Å². The minimum Gasteiger partial charge on any atom is -0.478 e. The number of carboxylic acid groups (broad SMARTS) is 1. The van der Waals surface area contributed by atoms with Gasteiger partial charge in [-0.1, -0.05) is 12.1 Å². The van der Waals surface area contributed by atoms with E-state index in [-0.39, 0.29) is 11.1 Å². The number of benzene rings is 1. The Kier molecular flexibility index (Phi) is 2.52. The maximum Gasteiger partial charge on any atom is 0.338 e. The average Bonchev–Trinajstić information content (AvgIpc) is 2.87.